The maximum absolute atomic E-state index is 12.0. The Hall–Kier alpha value is -1.99. The molecular weight excluding hydrogens is 951 g/mol. The third kappa shape index (κ3) is 24.1. The molecule has 0 bridgehead atoms. The minimum Gasteiger partial charge on any atom is -0.394 e. The number of amides is 1. The molecule has 3 aliphatic heterocycles. The Kier molecular flexibility index (Phi) is 34.5. The number of carbonyl (C=O) groups is 1. The van der Waals surface area contributed by atoms with Crippen molar-refractivity contribution in [1.29, 1.82) is 0 Å². The Morgan fingerprint density at radius 2 is 0.849 bits per heavy atom. The summed E-state index contributed by atoms with van der Waals surface area (Å²) >= 11 is 0. The molecule has 12 N–H and O–H groups in total. The summed E-state index contributed by atoms with van der Waals surface area (Å²) in [5, 5.41) is 118. The smallest absolute Gasteiger partial charge is 0.217 e. The fourth-order valence-electron chi connectivity index (χ4n) is 9.43. The van der Waals surface area contributed by atoms with Crippen molar-refractivity contribution in [3.63, 3.8) is 0 Å². The maximum atomic E-state index is 12.0. The van der Waals surface area contributed by atoms with E-state index in [2.05, 4.69) is 36.5 Å². The van der Waals surface area contributed by atoms with Gasteiger partial charge in [0.15, 0.2) is 18.9 Å². The maximum Gasteiger partial charge on any atom is 0.217 e. The molecule has 19 nitrogen and oxygen atoms in total. The summed E-state index contributed by atoms with van der Waals surface area (Å²) in [5.74, 6) is -0.467. The molecule has 426 valence electrons. The zero-order valence-electron chi connectivity index (χ0n) is 43.9. The normalized spacial score (nSPS) is 32.0. The van der Waals surface area contributed by atoms with Crippen LogP contribution in [0.1, 0.15) is 168 Å². The van der Waals surface area contributed by atoms with Crippen LogP contribution in [0.25, 0.3) is 0 Å². The van der Waals surface area contributed by atoms with Gasteiger partial charge in [0.2, 0.25) is 5.91 Å². The van der Waals surface area contributed by atoms with E-state index in [1.54, 1.807) is 6.08 Å². The molecule has 3 heterocycles. The predicted octanol–water partition coefficient (Wildman–Crippen LogP) is 3.37. The van der Waals surface area contributed by atoms with Gasteiger partial charge in [-0.2, -0.15) is 0 Å². The molecule has 17 unspecified atom stereocenters. The molecular formula is C54H97NO18. The average Bonchev–Trinajstić information content (AvgIpc) is 3.38. The minimum absolute atomic E-state index is 0.388. The Bertz CT molecular complexity index is 1490. The Morgan fingerprint density at radius 3 is 1.29 bits per heavy atom. The average molecular weight is 1050 g/mol. The lowest BCUT2D eigenvalue weighted by atomic mass is 9.96. The summed E-state index contributed by atoms with van der Waals surface area (Å²) < 4.78 is 33.6. The van der Waals surface area contributed by atoms with E-state index in [0.717, 1.165) is 25.7 Å². The van der Waals surface area contributed by atoms with Crippen molar-refractivity contribution < 1.29 is 89.4 Å². The molecule has 0 aromatic rings. The molecule has 0 radical (unpaired) electrons. The summed E-state index contributed by atoms with van der Waals surface area (Å²) in [4.78, 5) is 12.0. The van der Waals surface area contributed by atoms with Crippen molar-refractivity contribution >= 4 is 5.91 Å². The molecule has 0 aromatic carbocycles. The van der Waals surface area contributed by atoms with Crippen molar-refractivity contribution in [3.05, 3.63) is 36.5 Å². The largest absolute Gasteiger partial charge is 0.394 e. The third-order valence-electron chi connectivity index (χ3n) is 14.0. The van der Waals surface area contributed by atoms with E-state index < -0.39 is 130 Å². The van der Waals surface area contributed by atoms with Gasteiger partial charge in [-0.1, -0.05) is 159 Å². The standard InChI is InChI=1S/C54H97NO18/c1-3-4-5-6-7-8-9-10-11-12-13-14-15-16-17-18-19-20-21-22-23-24-25-26-27-28-29-30-31-32-39(60)38(55-37(2)59)36-68-52-48(66)45(63)50(41(34-57)70-52)73-54-49(67)46(64)51(42(35-58)71-54)72-53-47(65)44(62)43(61)40(33-56)69-53/h23-24,27-28,31-32,38-54,56-58,60-67H,3-22,25-26,29-30,33-36H2,1-2H3,(H,55,59)/b24-23+,28-27+,32-31+. The summed E-state index contributed by atoms with van der Waals surface area (Å²) in [6.07, 6.45) is 15.9. The number of ether oxygens (including phenoxy) is 6. The number of hydrogen-bond acceptors (Lipinski definition) is 18. The van der Waals surface area contributed by atoms with Crippen LogP contribution in [0.5, 0.6) is 0 Å². The highest BCUT2D eigenvalue weighted by atomic mass is 16.8. The first-order valence-electron chi connectivity index (χ1n) is 27.7. The van der Waals surface area contributed by atoms with Crippen LogP contribution in [0.4, 0.5) is 0 Å². The zero-order valence-corrected chi connectivity index (χ0v) is 43.9. The van der Waals surface area contributed by atoms with Crippen molar-refractivity contribution in [1.82, 2.24) is 5.32 Å². The molecule has 19 heteroatoms. The third-order valence-corrected chi connectivity index (χ3v) is 14.0. The van der Waals surface area contributed by atoms with E-state index in [9.17, 15) is 61.0 Å². The highest BCUT2D eigenvalue weighted by Crippen LogP contribution is 2.33. The molecule has 3 aliphatic rings. The van der Waals surface area contributed by atoms with E-state index in [1.165, 1.54) is 135 Å². The van der Waals surface area contributed by atoms with E-state index in [4.69, 9.17) is 28.4 Å². The van der Waals surface area contributed by atoms with Crippen LogP contribution in [0.15, 0.2) is 36.5 Å². The summed E-state index contributed by atoms with van der Waals surface area (Å²) in [5.41, 5.74) is 0. The second-order valence-electron chi connectivity index (χ2n) is 20.1. The van der Waals surface area contributed by atoms with Gasteiger partial charge in [-0.15, -0.1) is 0 Å². The van der Waals surface area contributed by atoms with Gasteiger partial charge in [0.25, 0.3) is 0 Å². The summed E-state index contributed by atoms with van der Waals surface area (Å²) in [6, 6.07) is -0.995. The number of hydrogen-bond donors (Lipinski definition) is 12. The lowest BCUT2D eigenvalue weighted by Crippen LogP contribution is -2.66. The van der Waals surface area contributed by atoms with Crippen LogP contribution in [0.3, 0.4) is 0 Å². The van der Waals surface area contributed by atoms with E-state index in [0.29, 0.717) is 6.42 Å². The van der Waals surface area contributed by atoms with Gasteiger partial charge >= 0.3 is 0 Å². The van der Waals surface area contributed by atoms with Gasteiger partial charge in [0.05, 0.1) is 38.6 Å². The first-order valence-corrected chi connectivity index (χ1v) is 27.7. The molecule has 0 spiro atoms. The predicted molar refractivity (Wildman–Crippen MR) is 272 cm³/mol. The fraction of sp³-hybridized carbons (Fsp3) is 0.870. The van der Waals surface area contributed by atoms with Gasteiger partial charge in [0.1, 0.15) is 73.2 Å². The van der Waals surface area contributed by atoms with Crippen LogP contribution in [0.2, 0.25) is 0 Å². The highest BCUT2D eigenvalue weighted by molar-refractivity contribution is 5.73. The van der Waals surface area contributed by atoms with Gasteiger partial charge in [-0.25, -0.2) is 0 Å². The molecule has 1 amide bonds. The molecule has 73 heavy (non-hydrogen) atoms. The monoisotopic (exact) mass is 1050 g/mol. The number of rotatable bonds is 39. The van der Waals surface area contributed by atoms with E-state index >= 15 is 0 Å². The minimum atomic E-state index is -1.98. The van der Waals surface area contributed by atoms with E-state index in [1.807, 2.05) is 0 Å². The molecule has 17 atom stereocenters. The first-order chi connectivity index (χ1) is 35.3. The molecule has 3 rings (SSSR count). The number of allylic oxidation sites excluding steroid dienone is 5. The Balaban J connectivity index is 1.29. The zero-order chi connectivity index (χ0) is 53.4. The number of nitrogens with one attached hydrogen (secondary N) is 1. The lowest BCUT2D eigenvalue weighted by Gasteiger charge is -2.48. The molecule has 0 aromatic heterocycles. The van der Waals surface area contributed by atoms with Crippen molar-refractivity contribution in [2.45, 2.75) is 272 Å². The summed E-state index contributed by atoms with van der Waals surface area (Å²) in [7, 11) is 0. The number of unbranched alkanes of at least 4 members (excludes halogenated alkanes) is 21. The van der Waals surface area contributed by atoms with Crippen molar-refractivity contribution in [3.8, 4) is 0 Å². The SMILES string of the molecule is CCCCCCCCCCCCCCCCCCCCC/C=C/CC/C=C/CC/C=C/C(O)C(COC1OC(CO)C(OC2OC(CO)C(OC3OC(CO)C(O)C(O)C3O)C(O)C2O)C(O)C1O)NC(C)=O. The van der Waals surface area contributed by atoms with Gasteiger partial charge in [0, 0.05) is 6.92 Å². The highest BCUT2D eigenvalue weighted by Gasteiger charge is 2.53. The fourth-order valence-corrected chi connectivity index (χ4v) is 9.43. The molecule has 0 saturated carbocycles. The van der Waals surface area contributed by atoms with Crippen LogP contribution in [-0.2, 0) is 33.2 Å². The van der Waals surface area contributed by atoms with Crippen LogP contribution in [0, 0.1) is 0 Å². The van der Waals surface area contributed by atoms with Crippen LogP contribution < -0.4 is 5.32 Å². The quantitative estimate of drug-likeness (QED) is 0.0310. The number of aliphatic hydroxyl groups excluding tert-OH is 11. The first kappa shape index (κ1) is 65.3. The molecule has 3 fully saturated rings. The second kappa shape index (κ2) is 38.5. The van der Waals surface area contributed by atoms with Gasteiger partial charge in [-0.3, -0.25) is 4.79 Å². The second-order valence-corrected chi connectivity index (χ2v) is 20.1. The van der Waals surface area contributed by atoms with Crippen molar-refractivity contribution in [2.75, 3.05) is 26.4 Å². The lowest BCUT2D eigenvalue weighted by molar-refractivity contribution is -0.379. The summed E-state index contributed by atoms with van der Waals surface area (Å²) in [6.45, 7) is 0.715. The Labute approximate surface area is 434 Å². The van der Waals surface area contributed by atoms with E-state index in [-0.39, 0.29) is 6.61 Å². The topological polar surface area (TPSA) is 307 Å². The number of aliphatic hydroxyl groups is 11. The number of carbonyl (C=O) groups excluding carboxylic acids is 1. The Morgan fingerprint density at radius 1 is 0.479 bits per heavy atom. The van der Waals surface area contributed by atoms with Gasteiger partial charge < -0.3 is 89.9 Å². The molecule has 3 saturated heterocycles. The van der Waals surface area contributed by atoms with Crippen LogP contribution in [-0.4, -0.2) is 193 Å². The van der Waals surface area contributed by atoms with Crippen LogP contribution >= 0.6 is 0 Å². The van der Waals surface area contributed by atoms with Gasteiger partial charge in [-0.05, 0) is 38.5 Å². The van der Waals surface area contributed by atoms with Crippen molar-refractivity contribution in [2.24, 2.45) is 0 Å². The molecule has 0 aliphatic carbocycles.